The van der Waals surface area contributed by atoms with Gasteiger partial charge in [0.15, 0.2) is 5.78 Å². The Kier molecular flexibility index (Phi) is 5.08. The Morgan fingerprint density at radius 3 is 2.75 bits per heavy atom. The molecule has 1 saturated carbocycles. The molecule has 2 heterocycles. The van der Waals surface area contributed by atoms with Crippen LogP contribution in [0.25, 0.3) is 5.69 Å². The van der Waals surface area contributed by atoms with Crippen LogP contribution in [0.3, 0.4) is 0 Å². The van der Waals surface area contributed by atoms with E-state index in [1.54, 1.807) is 10.7 Å². The maximum Gasteiger partial charge on any atom is 0.253 e. The molecule has 1 aromatic carbocycles. The standard InChI is InChI=1S/C24H29FN4O3/c1-24(2)10-19-22(20(30)11-24)18(7-13-3-4-13)28-29(19)15-8-16(25)21(23(26)31)17(9-15)27-14-5-6-32-12-14/h8-9,13-14,27H,3-7,10-12H2,1-2H3,(H2,26,31)/t14-/m1/s1. The summed E-state index contributed by atoms with van der Waals surface area (Å²) < 4.78 is 22.2. The molecule has 3 aliphatic rings. The minimum absolute atomic E-state index is 0.0276. The fraction of sp³-hybridized carbons (Fsp3) is 0.542. The van der Waals surface area contributed by atoms with E-state index in [0.717, 1.165) is 37.1 Å². The van der Waals surface area contributed by atoms with Gasteiger partial charge < -0.3 is 15.8 Å². The number of benzene rings is 1. The second-order valence-corrected chi connectivity index (χ2v) is 10.2. The summed E-state index contributed by atoms with van der Waals surface area (Å²) in [6, 6.07) is 2.97. The SMILES string of the molecule is CC1(C)CC(=O)c2c(CC3CC3)nn(-c3cc(F)c(C(N)=O)c(N[C@@H]4CCOC4)c3)c2C1. The highest BCUT2D eigenvalue weighted by Crippen LogP contribution is 2.40. The van der Waals surface area contributed by atoms with Gasteiger partial charge in [-0.15, -0.1) is 0 Å². The van der Waals surface area contributed by atoms with Crippen molar-refractivity contribution in [2.24, 2.45) is 17.1 Å². The number of anilines is 1. The molecule has 1 amide bonds. The van der Waals surface area contributed by atoms with Crippen LogP contribution in [0.4, 0.5) is 10.1 Å². The largest absolute Gasteiger partial charge is 0.379 e. The first kappa shape index (κ1) is 21.1. The third-order valence-electron chi connectivity index (χ3n) is 6.65. The average molecular weight is 441 g/mol. The fourth-order valence-corrected chi connectivity index (χ4v) is 4.93. The van der Waals surface area contributed by atoms with Crippen LogP contribution in [-0.2, 0) is 17.6 Å². The van der Waals surface area contributed by atoms with Gasteiger partial charge in [-0.05, 0) is 49.5 Å². The van der Waals surface area contributed by atoms with Crippen molar-refractivity contribution < 1.29 is 18.7 Å². The van der Waals surface area contributed by atoms with E-state index >= 15 is 4.39 Å². The first-order chi connectivity index (χ1) is 15.2. The zero-order valence-corrected chi connectivity index (χ0v) is 18.5. The van der Waals surface area contributed by atoms with Crippen molar-refractivity contribution in [1.29, 1.82) is 0 Å². The molecular formula is C24H29FN4O3. The highest BCUT2D eigenvalue weighted by molar-refractivity contribution is 6.00. The summed E-state index contributed by atoms with van der Waals surface area (Å²) in [5, 5.41) is 8.03. The van der Waals surface area contributed by atoms with Crippen LogP contribution in [-0.4, -0.2) is 40.7 Å². The maximum atomic E-state index is 15.1. The summed E-state index contributed by atoms with van der Waals surface area (Å²) in [5.74, 6) is -0.859. The van der Waals surface area contributed by atoms with Crippen LogP contribution in [0.5, 0.6) is 0 Å². The Labute approximate surface area is 186 Å². The van der Waals surface area contributed by atoms with Crippen molar-refractivity contribution in [3.8, 4) is 5.69 Å². The molecule has 1 saturated heterocycles. The number of primary amides is 1. The zero-order chi connectivity index (χ0) is 22.6. The zero-order valence-electron chi connectivity index (χ0n) is 18.5. The summed E-state index contributed by atoms with van der Waals surface area (Å²) in [6.07, 6.45) is 4.99. The Bertz CT molecular complexity index is 1100. The van der Waals surface area contributed by atoms with Crippen LogP contribution in [0.1, 0.15) is 71.6 Å². The van der Waals surface area contributed by atoms with Gasteiger partial charge in [0.1, 0.15) is 5.82 Å². The van der Waals surface area contributed by atoms with Gasteiger partial charge in [0, 0.05) is 19.1 Å². The van der Waals surface area contributed by atoms with Gasteiger partial charge in [-0.25, -0.2) is 9.07 Å². The number of fused-ring (bicyclic) bond motifs is 1. The van der Waals surface area contributed by atoms with Gasteiger partial charge in [-0.1, -0.05) is 13.8 Å². The lowest BCUT2D eigenvalue weighted by atomic mass is 9.75. The number of ether oxygens (including phenoxy) is 1. The van der Waals surface area contributed by atoms with E-state index in [4.69, 9.17) is 15.6 Å². The van der Waals surface area contributed by atoms with Crippen molar-refractivity contribution in [1.82, 2.24) is 9.78 Å². The number of carbonyl (C=O) groups is 2. The number of amides is 1. The third kappa shape index (κ3) is 3.92. The first-order valence-corrected chi connectivity index (χ1v) is 11.3. The van der Waals surface area contributed by atoms with E-state index in [0.29, 0.717) is 48.9 Å². The molecule has 2 fully saturated rings. The molecule has 1 aliphatic heterocycles. The number of hydrogen-bond donors (Lipinski definition) is 2. The fourth-order valence-electron chi connectivity index (χ4n) is 4.93. The molecule has 0 bridgehead atoms. The van der Waals surface area contributed by atoms with E-state index in [-0.39, 0.29) is 22.8 Å². The van der Waals surface area contributed by atoms with Crippen molar-refractivity contribution in [3.63, 3.8) is 0 Å². The van der Waals surface area contributed by atoms with Gasteiger partial charge in [0.05, 0.1) is 46.5 Å². The Hall–Kier alpha value is -2.74. The minimum Gasteiger partial charge on any atom is -0.379 e. The van der Waals surface area contributed by atoms with Crippen LogP contribution < -0.4 is 11.1 Å². The molecule has 1 atom stereocenters. The van der Waals surface area contributed by atoms with Gasteiger partial charge in [0.25, 0.3) is 5.91 Å². The molecule has 0 unspecified atom stereocenters. The molecule has 32 heavy (non-hydrogen) atoms. The molecule has 7 nitrogen and oxygen atoms in total. The molecule has 1 aromatic heterocycles. The summed E-state index contributed by atoms with van der Waals surface area (Å²) in [6.45, 7) is 5.22. The number of nitrogens with zero attached hydrogens (tertiary/aromatic N) is 2. The van der Waals surface area contributed by atoms with E-state index in [1.165, 1.54) is 6.07 Å². The molecule has 8 heteroatoms. The number of ketones is 1. The summed E-state index contributed by atoms with van der Waals surface area (Å²) in [5.41, 5.74) is 8.27. The van der Waals surface area contributed by atoms with E-state index in [1.807, 2.05) is 0 Å². The van der Waals surface area contributed by atoms with Crippen LogP contribution in [0, 0.1) is 17.2 Å². The quantitative estimate of drug-likeness (QED) is 0.717. The molecule has 3 N–H and O–H groups in total. The summed E-state index contributed by atoms with van der Waals surface area (Å²) in [7, 11) is 0. The first-order valence-electron chi connectivity index (χ1n) is 11.3. The maximum absolute atomic E-state index is 15.1. The molecular weight excluding hydrogens is 411 g/mol. The Morgan fingerprint density at radius 2 is 2.09 bits per heavy atom. The van der Waals surface area contributed by atoms with Crippen molar-refractivity contribution in [2.75, 3.05) is 18.5 Å². The molecule has 0 radical (unpaired) electrons. The van der Waals surface area contributed by atoms with Crippen molar-refractivity contribution >= 4 is 17.4 Å². The number of nitrogens with two attached hydrogens (primary N) is 1. The van der Waals surface area contributed by atoms with E-state index in [9.17, 15) is 9.59 Å². The summed E-state index contributed by atoms with van der Waals surface area (Å²) in [4.78, 5) is 25.1. The van der Waals surface area contributed by atoms with Crippen molar-refractivity contribution in [2.45, 2.75) is 58.4 Å². The predicted molar refractivity (Wildman–Crippen MR) is 118 cm³/mol. The number of carbonyl (C=O) groups excluding carboxylic acids is 2. The number of hydrogen-bond acceptors (Lipinski definition) is 5. The molecule has 5 rings (SSSR count). The smallest absolute Gasteiger partial charge is 0.253 e. The lowest BCUT2D eigenvalue weighted by molar-refractivity contribution is 0.0909. The van der Waals surface area contributed by atoms with Crippen molar-refractivity contribution in [3.05, 3.63) is 40.5 Å². The average Bonchev–Trinajstić information content (AvgIpc) is 3.21. The number of halogens is 1. The lowest BCUT2D eigenvalue weighted by Gasteiger charge is -2.29. The predicted octanol–water partition coefficient (Wildman–Crippen LogP) is 3.42. The Morgan fingerprint density at radius 1 is 1.31 bits per heavy atom. The Balaban J connectivity index is 1.63. The number of nitrogens with one attached hydrogen (secondary N) is 1. The van der Waals surface area contributed by atoms with Crippen LogP contribution in [0.15, 0.2) is 12.1 Å². The normalized spacial score (nSPS) is 22.1. The number of Topliss-reactive ketones (excluding diaryl/α,β-unsaturated/α-hetero) is 1. The molecule has 2 aliphatic carbocycles. The summed E-state index contributed by atoms with van der Waals surface area (Å²) >= 11 is 0. The van der Waals surface area contributed by atoms with E-state index in [2.05, 4.69) is 19.2 Å². The van der Waals surface area contributed by atoms with Gasteiger partial charge >= 0.3 is 0 Å². The lowest BCUT2D eigenvalue weighted by Crippen LogP contribution is -2.28. The second-order valence-electron chi connectivity index (χ2n) is 10.2. The van der Waals surface area contributed by atoms with Crippen LogP contribution in [0.2, 0.25) is 0 Å². The monoisotopic (exact) mass is 440 g/mol. The number of aromatic nitrogens is 2. The van der Waals surface area contributed by atoms with E-state index < -0.39 is 11.7 Å². The highest BCUT2D eigenvalue weighted by Gasteiger charge is 2.38. The highest BCUT2D eigenvalue weighted by atomic mass is 19.1. The van der Waals surface area contributed by atoms with Gasteiger partial charge in [-0.2, -0.15) is 5.10 Å². The minimum atomic E-state index is -0.830. The third-order valence-corrected chi connectivity index (χ3v) is 6.65. The number of rotatable bonds is 6. The van der Waals surface area contributed by atoms with Gasteiger partial charge in [-0.3, -0.25) is 9.59 Å². The van der Waals surface area contributed by atoms with Crippen LogP contribution >= 0.6 is 0 Å². The topological polar surface area (TPSA) is 99.2 Å². The van der Waals surface area contributed by atoms with Gasteiger partial charge in [0.2, 0.25) is 0 Å². The second kappa shape index (κ2) is 7.69. The molecule has 170 valence electrons. The molecule has 2 aromatic rings. The molecule has 0 spiro atoms.